The lowest BCUT2D eigenvalue weighted by Crippen LogP contribution is -2.32. The number of ether oxygens (including phenoxy) is 1. The summed E-state index contributed by atoms with van der Waals surface area (Å²) in [4.78, 5) is 23.0. The lowest BCUT2D eigenvalue weighted by molar-refractivity contribution is -0.121. The second-order valence-electron chi connectivity index (χ2n) is 4.12. The topological polar surface area (TPSA) is 79.8 Å². The van der Waals surface area contributed by atoms with E-state index in [1.165, 1.54) is 0 Å². The number of carbonyl (C=O) groups excluding carboxylic acids is 2. The molecular weight excluding hydrogens is 282 g/mol. The zero-order chi connectivity index (χ0) is 14.5. The van der Waals surface area contributed by atoms with E-state index >= 15 is 0 Å². The Balaban J connectivity index is 2.14. The van der Waals surface area contributed by atoms with Crippen molar-refractivity contribution in [3.05, 3.63) is 23.2 Å². The van der Waals surface area contributed by atoms with Gasteiger partial charge in [0.05, 0.1) is 12.3 Å². The number of nitrogens with one attached hydrogen (secondary N) is 2. The molecule has 1 aliphatic rings. The molecular formula is C13H14ClN3O3. The molecule has 0 aromatic heterocycles. The van der Waals surface area contributed by atoms with Gasteiger partial charge in [-0.3, -0.25) is 9.59 Å². The van der Waals surface area contributed by atoms with Crippen LogP contribution in [0, 0.1) is 0 Å². The lowest BCUT2D eigenvalue weighted by Gasteiger charge is -2.14. The first kappa shape index (κ1) is 14.3. The SMILES string of the molecule is CCOc1ccc(Cl)cc1NC(=O)C1=NNC(=O)CC1. The van der Waals surface area contributed by atoms with Crippen LogP contribution >= 0.6 is 11.6 Å². The number of amides is 2. The molecule has 7 heteroatoms. The summed E-state index contributed by atoms with van der Waals surface area (Å²) in [5, 5.41) is 6.91. The summed E-state index contributed by atoms with van der Waals surface area (Å²) in [6.07, 6.45) is 0.558. The average Bonchev–Trinajstić information content (AvgIpc) is 2.42. The van der Waals surface area contributed by atoms with E-state index in [2.05, 4.69) is 15.8 Å². The van der Waals surface area contributed by atoms with E-state index in [0.29, 0.717) is 29.5 Å². The number of carbonyl (C=O) groups is 2. The predicted octanol–water partition coefficient (Wildman–Crippen LogP) is 1.94. The first-order valence-electron chi connectivity index (χ1n) is 6.19. The van der Waals surface area contributed by atoms with Gasteiger partial charge in [-0.25, -0.2) is 5.43 Å². The minimum absolute atomic E-state index is 0.195. The van der Waals surface area contributed by atoms with Crippen LogP contribution in [0.3, 0.4) is 0 Å². The number of hydrazone groups is 1. The molecule has 1 aromatic rings. The summed E-state index contributed by atoms with van der Waals surface area (Å²) in [5.41, 5.74) is 3.03. The van der Waals surface area contributed by atoms with E-state index < -0.39 is 0 Å². The third-order valence-electron chi connectivity index (χ3n) is 2.66. The highest BCUT2D eigenvalue weighted by atomic mass is 35.5. The Kier molecular flexibility index (Phi) is 4.57. The third kappa shape index (κ3) is 3.48. The van der Waals surface area contributed by atoms with Crippen molar-refractivity contribution in [3.63, 3.8) is 0 Å². The molecule has 0 fully saturated rings. The summed E-state index contributed by atoms with van der Waals surface area (Å²) < 4.78 is 5.41. The second kappa shape index (κ2) is 6.38. The molecule has 0 saturated carbocycles. The Morgan fingerprint density at radius 3 is 2.95 bits per heavy atom. The minimum Gasteiger partial charge on any atom is -0.492 e. The van der Waals surface area contributed by atoms with Gasteiger partial charge in [0.1, 0.15) is 11.5 Å². The standard InChI is InChI=1S/C13H14ClN3O3/c1-2-20-11-5-3-8(14)7-10(11)15-13(19)9-4-6-12(18)17-16-9/h3,5,7H,2,4,6H2,1H3,(H,15,19)(H,17,18). The van der Waals surface area contributed by atoms with Crippen molar-refractivity contribution < 1.29 is 14.3 Å². The highest BCUT2D eigenvalue weighted by Crippen LogP contribution is 2.28. The maximum atomic E-state index is 12.1. The molecule has 0 saturated heterocycles. The second-order valence-corrected chi connectivity index (χ2v) is 4.56. The van der Waals surface area contributed by atoms with Crippen LogP contribution in [-0.2, 0) is 9.59 Å². The maximum Gasteiger partial charge on any atom is 0.271 e. The zero-order valence-electron chi connectivity index (χ0n) is 10.9. The van der Waals surface area contributed by atoms with E-state index in [1.54, 1.807) is 18.2 Å². The Hall–Kier alpha value is -2.08. The summed E-state index contributed by atoms with van der Waals surface area (Å²) >= 11 is 5.91. The van der Waals surface area contributed by atoms with Crippen LogP contribution in [0.4, 0.5) is 5.69 Å². The summed E-state index contributed by atoms with van der Waals surface area (Å²) in [7, 11) is 0. The predicted molar refractivity (Wildman–Crippen MR) is 76.1 cm³/mol. The number of hydrogen-bond acceptors (Lipinski definition) is 4. The van der Waals surface area contributed by atoms with Gasteiger partial charge in [-0.2, -0.15) is 5.10 Å². The quantitative estimate of drug-likeness (QED) is 0.891. The van der Waals surface area contributed by atoms with E-state index in [-0.39, 0.29) is 23.9 Å². The Labute approximate surface area is 121 Å². The molecule has 20 heavy (non-hydrogen) atoms. The van der Waals surface area contributed by atoms with Gasteiger partial charge < -0.3 is 10.1 Å². The van der Waals surface area contributed by atoms with Crippen molar-refractivity contribution in [2.45, 2.75) is 19.8 Å². The van der Waals surface area contributed by atoms with Gasteiger partial charge in [0.2, 0.25) is 5.91 Å². The highest BCUT2D eigenvalue weighted by molar-refractivity contribution is 6.43. The maximum absolute atomic E-state index is 12.1. The fraction of sp³-hybridized carbons (Fsp3) is 0.308. The summed E-state index contributed by atoms with van der Waals surface area (Å²) in [5.74, 6) is -0.0433. The van der Waals surface area contributed by atoms with Gasteiger partial charge in [-0.05, 0) is 25.1 Å². The van der Waals surface area contributed by atoms with E-state index in [1.807, 2.05) is 6.92 Å². The average molecular weight is 296 g/mol. The lowest BCUT2D eigenvalue weighted by atomic mass is 10.1. The molecule has 1 heterocycles. The van der Waals surface area contributed by atoms with Crippen LogP contribution in [0.15, 0.2) is 23.3 Å². The summed E-state index contributed by atoms with van der Waals surface area (Å²) in [6.45, 7) is 2.32. The molecule has 1 aromatic carbocycles. The monoisotopic (exact) mass is 295 g/mol. The normalized spacial score (nSPS) is 14.3. The molecule has 2 amide bonds. The molecule has 1 aliphatic heterocycles. The molecule has 106 valence electrons. The molecule has 0 spiro atoms. The first-order valence-corrected chi connectivity index (χ1v) is 6.57. The number of hydrogen-bond donors (Lipinski definition) is 2. The number of nitrogens with zero attached hydrogens (tertiary/aromatic N) is 1. The zero-order valence-corrected chi connectivity index (χ0v) is 11.7. The van der Waals surface area contributed by atoms with Gasteiger partial charge >= 0.3 is 0 Å². The van der Waals surface area contributed by atoms with Crippen molar-refractivity contribution in [2.75, 3.05) is 11.9 Å². The minimum atomic E-state index is -0.381. The van der Waals surface area contributed by atoms with Gasteiger partial charge in [0.15, 0.2) is 0 Å². The highest BCUT2D eigenvalue weighted by Gasteiger charge is 2.19. The third-order valence-corrected chi connectivity index (χ3v) is 2.89. The fourth-order valence-corrected chi connectivity index (χ4v) is 1.89. The van der Waals surface area contributed by atoms with E-state index in [4.69, 9.17) is 16.3 Å². The Morgan fingerprint density at radius 1 is 1.50 bits per heavy atom. The van der Waals surface area contributed by atoms with Crippen molar-refractivity contribution in [3.8, 4) is 5.75 Å². The van der Waals surface area contributed by atoms with Crippen molar-refractivity contribution in [1.29, 1.82) is 0 Å². The van der Waals surface area contributed by atoms with Crippen LogP contribution in [0.1, 0.15) is 19.8 Å². The van der Waals surface area contributed by atoms with Gasteiger partial charge in [0, 0.05) is 17.9 Å². The van der Waals surface area contributed by atoms with Gasteiger partial charge in [-0.15, -0.1) is 0 Å². The number of anilines is 1. The van der Waals surface area contributed by atoms with Crippen molar-refractivity contribution >= 4 is 34.8 Å². The molecule has 0 radical (unpaired) electrons. The molecule has 0 aliphatic carbocycles. The summed E-state index contributed by atoms with van der Waals surface area (Å²) in [6, 6.07) is 4.97. The van der Waals surface area contributed by atoms with Crippen LogP contribution in [-0.4, -0.2) is 24.1 Å². The Bertz CT molecular complexity index is 572. The van der Waals surface area contributed by atoms with E-state index in [0.717, 1.165) is 0 Å². The Morgan fingerprint density at radius 2 is 2.30 bits per heavy atom. The molecule has 2 rings (SSSR count). The smallest absolute Gasteiger partial charge is 0.271 e. The van der Waals surface area contributed by atoms with Crippen LogP contribution < -0.4 is 15.5 Å². The van der Waals surface area contributed by atoms with Crippen molar-refractivity contribution in [1.82, 2.24) is 5.43 Å². The van der Waals surface area contributed by atoms with Crippen LogP contribution in [0.5, 0.6) is 5.75 Å². The molecule has 0 bridgehead atoms. The molecule has 2 N–H and O–H groups in total. The van der Waals surface area contributed by atoms with E-state index in [9.17, 15) is 9.59 Å². The molecule has 0 atom stereocenters. The number of halogens is 1. The largest absolute Gasteiger partial charge is 0.492 e. The van der Waals surface area contributed by atoms with Crippen molar-refractivity contribution in [2.24, 2.45) is 5.10 Å². The van der Waals surface area contributed by atoms with Gasteiger partial charge in [-0.1, -0.05) is 11.6 Å². The fourth-order valence-electron chi connectivity index (χ4n) is 1.71. The number of benzene rings is 1. The van der Waals surface area contributed by atoms with Crippen LogP contribution in [0.25, 0.3) is 0 Å². The number of rotatable bonds is 4. The van der Waals surface area contributed by atoms with Crippen LogP contribution in [0.2, 0.25) is 5.02 Å². The molecule has 0 unspecified atom stereocenters. The van der Waals surface area contributed by atoms with Gasteiger partial charge in [0.25, 0.3) is 5.91 Å². The molecule has 6 nitrogen and oxygen atoms in total. The first-order chi connectivity index (χ1) is 9.60.